The van der Waals surface area contributed by atoms with Crippen molar-refractivity contribution in [1.82, 2.24) is 4.57 Å². The van der Waals surface area contributed by atoms with Crippen LogP contribution in [0.2, 0.25) is 20.1 Å². The molecule has 0 saturated carbocycles. The molecule has 186 valence electrons. The van der Waals surface area contributed by atoms with Gasteiger partial charge in [0.05, 0.1) is 35.8 Å². The molecule has 0 radical (unpaired) electrons. The Morgan fingerprint density at radius 2 is 1.53 bits per heavy atom. The van der Waals surface area contributed by atoms with Crippen LogP contribution in [0.1, 0.15) is 17.0 Å². The summed E-state index contributed by atoms with van der Waals surface area (Å²) in [5.41, 5.74) is 6.53. The molecule has 0 bridgehead atoms. The Labute approximate surface area is 228 Å². The SMILES string of the molecule is COC(=O)C1=C(N)n2c(s/c(=C\c3ccc(Cl)cc3Cl)c2=O)=C(C(=O)OC)[C@@H]1c1ccc(Cl)cc1Cl. The molecule has 1 aliphatic heterocycles. The number of nitrogens with zero attached hydrogens (tertiary/aromatic N) is 1. The van der Waals surface area contributed by atoms with E-state index in [-0.39, 0.29) is 31.2 Å². The Balaban J connectivity index is 2.15. The highest BCUT2D eigenvalue weighted by Crippen LogP contribution is 2.41. The van der Waals surface area contributed by atoms with Gasteiger partial charge in [-0.1, -0.05) is 58.5 Å². The van der Waals surface area contributed by atoms with E-state index in [9.17, 15) is 14.4 Å². The Bertz CT molecular complexity index is 1640. The third-order valence-electron chi connectivity index (χ3n) is 5.48. The van der Waals surface area contributed by atoms with Crippen LogP contribution >= 0.6 is 57.7 Å². The minimum atomic E-state index is -1.10. The van der Waals surface area contributed by atoms with Crippen LogP contribution in [0.3, 0.4) is 0 Å². The summed E-state index contributed by atoms with van der Waals surface area (Å²) in [4.78, 5) is 39.5. The maximum absolute atomic E-state index is 13.5. The van der Waals surface area contributed by atoms with Crippen LogP contribution in [0.5, 0.6) is 0 Å². The van der Waals surface area contributed by atoms with E-state index in [1.165, 1.54) is 19.2 Å². The van der Waals surface area contributed by atoms with Crippen molar-refractivity contribution < 1.29 is 19.1 Å². The number of carbonyl (C=O) groups excluding carboxylic acids is 2. The Hall–Kier alpha value is -2.75. The first kappa shape index (κ1) is 26.3. The number of halogens is 4. The molecule has 3 aromatic rings. The van der Waals surface area contributed by atoms with Gasteiger partial charge in [0, 0.05) is 20.1 Å². The largest absolute Gasteiger partial charge is 0.466 e. The van der Waals surface area contributed by atoms with Gasteiger partial charge in [-0.15, -0.1) is 11.3 Å². The first-order chi connectivity index (χ1) is 17.1. The highest BCUT2D eigenvalue weighted by molar-refractivity contribution is 7.07. The van der Waals surface area contributed by atoms with Gasteiger partial charge >= 0.3 is 11.9 Å². The topological polar surface area (TPSA) is 101 Å². The third-order valence-corrected chi connectivity index (χ3v) is 7.71. The average molecular weight is 586 g/mol. The molecule has 0 spiro atoms. The molecule has 2 aromatic carbocycles. The summed E-state index contributed by atoms with van der Waals surface area (Å²) >= 11 is 25.8. The number of carbonyl (C=O) groups is 2. The van der Waals surface area contributed by atoms with Crippen LogP contribution in [0.4, 0.5) is 0 Å². The van der Waals surface area contributed by atoms with E-state index in [0.29, 0.717) is 26.2 Å². The lowest BCUT2D eigenvalue weighted by Gasteiger charge is -2.27. The molecule has 1 atom stereocenters. The van der Waals surface area contributed by atoms with Crippen molar-refractivity contribution in [2.24, 2.45) is 5.73 Å². The van der Waals surface area contributed by atoms with Crippen LogP contribution < -0.4 is 20.5 Å². The highest BCUT2D eigenvalue weighted by atomic mass is 35.5. The van der Waals surface area contributed by atoms with E-state index < -0.39 is 23.4 Å². The van der Waals surface area contributed by atoms with Crippen molar-refractivity contribution in [3.8, 4) is 0 Å². The number of fused-ring (bicyclic) bond motifs is 1. The third kappa shape index (κ3) is 4.55. The van der Waals surface area contributed by atoms with E-state index in [2.05, 4.69) is 0 Å². The summed E-state index contributed by atoms with van der Waals surface area (Å²) in [7, 11) is 2.35. The number of nitrogens with two attached hydrogens (primary N) is 1. The van der Waals surface area contributed by atoms with Gasteiger partial charge in [0.15, 0.2) is 0 Å². The number of rotatable bonds is 4. The van der Waals surface area contributed by atoms with E-state index in [0.717, 1.165) is 23.0 Å². The second-order valence-corrected chi connectivity index (χ2v) is 10.2. The number of aromatic nitrogens is 1. The zero-order valence-corrected chi connectivity index (χ0v) is 22.4. The smallest absolute Gasteiger partial charge is 0.338 e. The summed E-state index contributed by atoms with van der Waals surface area (Å²) in [5.74, 6) is -2.94. The number of esters is 2. The number of methoxy groups -OCH3 is 2. The van der Waals surface area contributed by atoms with Crippen molar-refractivity contribution in [1.29, 1.82) is 0 Å². The molecule has 0 aliphatic carbocycles. The molecule has 0 saturated heterocycles. The number of ether oxygens (including phenoxy) is 2. The number of thiazole rings is 1. The van der Waals surface area contributed by atoms with Crippen molar-refractivity contribution in [3.63, 3.8) is 0 Å². The van der Waals surface area contributed by atoms with Gasteiger partial charge in [0.1, 0.15) is 10.5 Å². The second-order valence-electron chi connectivity index (χ2n) is 7.52. The van der Waals surface area contributed by atoms with Gasteiger partial charge in [0.2, 0.25) is 0 Å². The molecule has 0 amide bonds. The van der Waals surface area contributed by atoms with Crippen LogP contribution in [0.25, 0.3) is 17.5 Å². The fourth-order valence-electron chi connectivity index (χ4n) is 3.87. The fraction of sp³-hybridized carbons (Fsp3) is 0.125. The van der Waals surface area contributed by atoms with Gasteiger partial charge < -0.3 is 15.2 Å². The molecule has 0 unspecified atom stereocenters. The Kier molecular flexibility index (Phi) is 7.54. The van der Waals surface area contributed by atoms with Crippen molar-refractivity contribution >= 4 is 87.1 Å². The summed E-state index contributed by atoms with van der Waals surface area (Å²) < 4.78 is 11.5. The van der Waals surface area contributed by atoms with E-state index in [1.54, 1.807) is 30.3 Å². The quantitative estimate of drug-likeness (QED) is 0.468. The van der Waals surface area contributed by atoms with Crippen LogP contribution in [0.15, 0.2) is 46.8 Å². The minimum absolute atomic E-state index is 0.0136. The summed E-state index contributed by atoms with van der Waals surface area (Å²) in [6, 6.07) is 9.40. The molecule has 0 fully saturated rings. The normalized spacial score (nSPS) is 15.7. The number of hydrogen-bond donors (Lipinski definition) is 1. The van der Waals surface area contributed by atoms with Gasteiger partial charge in [-0.2, -0.15) is 0 Å². The molecule has 1 aliphatic rings. The standard InChI is InChI=1S/C24H16Cl4N2O5S/c1-34-23(32)18-17(13-6-5-12(26)9-15(13)28)19(24(33)35-2)22-30(20(18)29)21(31)16(36-22)7-10-3-4-11(25)8-14(10)27/h3-9,17H,29H2,1-2H3/b16-7-/t17-/m1/s1. The lowest BCUT2D eigenvalue weighted by molar-refractivity contribution is -0.136. The summed E-state index contributed by atoms with van der Waals surface area (Å²) in [6.07, 6.45) is 1.54. The monoisotopic (exact) mass is 584 g/mol. The molecular formula is C24H16Cl4N2O5S. The van der Waals surface area contributed by atoms with Gasteiger partial charge in [-0.25, -0.2) is 9.59 Å². The van der Waals surface area contributed by atoms with Crippen LogP contribution in [-0.4, -0.2) is 30.7 Å². The van der Waals surface area contributed by atoms with Gasteiger partial charge in [0.25, 0.3) is 5.56 Å². The first-order valence-corrected chi connectivity index (χ1v) is 12.5. The zero-order chi connectivity index (χ0) is 26.3. The lowest BCUT2D eigenvalue weighted by atomic mass is 9.83. The van der Waals surface area contributed by atoms with Crippen molar-refractivity contribution in [2.75, 3.05) is 14.2 Å². The van der Waals surface area contributed by atoms with Crippen molar-refractivity contribution in [2.45, 2.75) is 5.92 Å². The average Bonchev–Trinajstić information content (AvgIpc) is 3.15. The molecule has 12 heteroatoms. The highest BCUT2D eigenvalue weighted by Gasteiger charge is 2.40. The molecule has 1 aromatic heterocycles. The summed E-state index contributed by atoms with van der Waals surface area (Å²) in [6.45, 7) is 0. The van der Waals surface area contributed by atoms with Crippen molar-refractivity contribution in [3.05, 3.63) is 92.7 Å². The Morgan fingerprint density at radius 3 is 2.11 bits per heavy atom. The van der Waals surface area contributed by atoms with E-state index in [1.807, 2.05) is 0 Å². The number of hydrogen-bond acceptors (Lipinski definition) is 7. The molecular weight excluding hydrogens is 570 g/mol. The Morgan fingerprint density at radius 1 is 0.944 bits per heavy atom. The minimum Gasteiger partial charge on any atom is -0.466 e. The summed E-state index contributed by atoms with van der Waals surface area (Å²) in [5, 5.41) is 1.27. The van der Waals surface area contributed by atoms with E-state index in [4.69, 9.17) is 61.6 Å². The predicted molar refractivity (Wildman–Crippen MR) is 142 cm³/mol. The molecule has 7 nitrogen and oxygen atoms in total. The van der Waals surface area contributed by atoms with E-state index >= 15 is 0 Å². The number of benzene rings is 2. The fourth-order valence-corrected chi connectivity index (χ4v) is 6.01. The maximum Gasteiger partial charge on any atom is 0.338 e. The first-order valence-electron chi connectivity index (χ1n) is 10.1. The van der Waals surface area contributed by atoms with Crippen LogP contribution in [0, 0.1) is 0 Å². The second kappa shape index (κ2) is 10.3. The molecule has 2 N–H and O–H groups in total. The molecule has 4 rings (SSSR count). The van der Waals surface area contributed by atoms with Crippen LogP contribution in [-0.2, 0) is 19.1 Å². The van der Waals surface area contributed by atoms with Gasteiger partial charge in [-0.3, -0.25) is 9.36 Å². The zero-order valence-electron chi connectivity index (χ0n) is 18.6. The molecule has 2 heterocycles. The predicted octanol–water partition coefficient (Wildman–Crippen LogP) is 3.77. The lowest BCUT2D eigenvalue weighted by Crippen LogP contribution is -2.41. The maximum atomic E-state index is 13.5. The van der Waals surface area contributed by atoms with Gasteiger partial charge in [-0.05, 0) is 41.5 Å². The molecule has 36 heavy (non-hydrogen) atoms.